The van der Waals surface area contributed by atoms with E-state index in [0.717, 1.165) is 36.2 Å². The Bertz CT molecular complexity index is 946. The number of morpholine rings is 1. The molecule has 7 rings (SSSR count). The maximum Gasteiger partial charge on any atom is 0.328 e. The molecule has 1 aromatic carbocycles. The van der Waals surface area contributed by atoms with Gasteiger partial charge in [-0.05, 0) is 80.2 Å². The molecule has 1 N–H and O–H groups in total. The summed E-state index contributed by atoms with van der Waals surface area (Å²) in [6, 6.07) is 1.89. The molecular formula is C25H30FNO5. The van der Waals surface area contributed by atoms with Gasteiger partial charge in [0, 0.05) is 18.0 Å². The van der Waals surface area contributed by atoms with Gasteiger partial charge in [0.1, 0.15) is 11.6 Å². The lowest BCUT2D eigenvalue weighted by Crippen LogP contribution is -2.52. The topological polar surface area (TPSA) is 76.1 Å². The molecule has 0 spiro atoms. The van der Waals surface area contributed by atoms with Gasteiger partial charge in [-0.1, -0.05) is 0 Å². The number of aliphatic carboxylic acids is 1. The first kappa shape index (κ1) is 20.5. The Balaban J connectivity index is 1.25. The van der Waals surface area contributed by atoms with Crippen LogP contribution in [0.4, 0.5) is 4.39 Å². The SMILES string of the molecule is O=C(O)[C@@H]1COCCN1C(=O)c1cc(C2CC2)c(OCC23CC4CC(CC2C4)C3)cc1F. The van der Waals surface area contributed by atoms with E-state index >= 15 is 4.39 Å². The normalized spacial score (nSPS) is 35.3. The number of halogens is 1. The summed E-state index contributed by atoms with van der Waals surface area (Å²) < 4.78 is 26.7. The minimum absolute atomic E-state index is 0.0635. The zero-order chi connectivity index (χ0) is 22.0. The third-order valence-corrected chi connectivity index (χ3v) is 8.70. The van der Waals surface area contributed by atoms with Crippen molar-refractivity contribution < 1.29 is 28.6 Å². The summed E-state index contributed by atoms with van der Waals surface area (Å²) in [6.07, 6.45) is 8.49. The van der Waals surface area contributed by atoms with Crippen molar-refractivity contribution in [2.75, 3.05) is 26.4 Å². The maximum absolute atomic E-state index is 15.2. The second-order valence-corrected chi connectivity index (χ2v) is 10.8. The Morgan fingerprint density at radius 2 is 1.94 bits per heavy atom. The highest BCUT2D eigenvalue weighted by Gasteiger charge is 2.58. The molecule has 1 saturated heterocycles. The fraction of sp³-hybridized carbons (Fsp3) is 0.680. The molecule has 1 heterocycles. The fourth-order valence-electron chi connectivity index (χ4n) is 7.20. The molecule has 1 aromatic rings. The molecule has 32 heavy (non-hydrogen) atoms. The molecule has 3 atom stereocenters. The third-order valence-electron chi connectivity index (χ3n) is 8.70. The number of benzene rings is 1. The molecule has 5 saturated carbocycles. The van der Waals surface area contributed by atoms with E-state index in [0.29, 0.717) is 12.4 Å². The quantitative estimate of drug-likeness (QED) is 0.723. The van der Waals surface area contributed by atoms with Gasteiger partial charge >= 0.3 is 5.97 Å². The van der Waals surface area contributed by atoms with Crippen molar-refractivity contribution in [2.45, 2.75) is 56.9 Å². The summed E-state index contributed by atoms with van der Waals surface area (Å²) in [5.41, 5.74) is 1.08. The van der Waals surface area contributed by atoms with Crippen LogP contribution in [0.15, 0.2) is 12.1 Å². The highest BCUT2D eigenvalue weighted by molar-refractivity contribution is 5.97. The number of hydrogen-bond acceptors (Lipinski definition) is 4. The summed E-state index contributed by atoms with van der Waals surface area (Å²) in [5, 5.41) is 9.45. The Labute approximate surface area is 187 Å². The predicted molar refractivity (Wildman–Crippen MR) is 113 cm³/mol. The number of ether oxygens (including phenoxy) is 2. The Hall–Kier alpha value is -2.15. The van der Waals surface area contributed by atoms with Crippen LogP contribution < -0.4 is 4.74 Å². The Morgan fingerprint density at radius 1 is 1.19 bits per heavy atom. The molecule has 2 unspecified atom stereocenters. The van der Waals surface area contributed by atoms with Crippen LogP contribution >= 0.6 is 0 Å². The van der Waals surface area contributed by atoms with Crippen LogP contribution in [0.2, 0.25) is 0 Å². The summed E-state index contributed by atoms with van der Waals surface area (Å²) >= 11 is 0. The lowest BCUT2D eigenvalue weighted by Gasteiger charge is -2.33. The smallest absolute Gasteiger partial charge is 0.328 e. The van der Waals surface area contributed by atoms with Crippen LogP contribution in [-0.2, 0) is 9.53 Å². The molecule has 1 amide bonds. The van der Waals surface area contributed by atoms with Gasteiger partial charge in [-0.25, -0.2) is 9.18 Å². The Kier molecular flexibility index (Phi) is 4.75. The average molecular weight is 444 g/mol. The molecule has 6 fully saturated rings. The summed E-state index contributed by atoms with van der Waals surface area (Å²) in [7, 11) is 0. The number of rotatable bonds is 6. The van der Waals surface area contributed by atoms with Crippen LogP contribution in [0.1, 0.15) is 66.8 Å². The molecule has 7 heteroatoms. The predicted octanol–water partition coefficient (Wildman–Crippen LogP) is 3.83. The second-order valence-electron chi connectivity index (χ2n) is 10.8. The zero-order valence-electron chi connectivity index (χ0n) is 18.2. The van der Waals surface area contributed by atoms with Crippen LogP contribution in [-0.4, -0.2) is 54.3 Å². The molecule has 6 nitrogen and oxygen atoms in total. The van der Waals surface area contributed by atoms with Gasteiger partial charge < -0.3 is 19.5 Å². The van der Waals surface area contributed by atoms with Gasteiger partial charge in [-0.3, -0.25) is 4.79 Å². The summed E-state index contributed by atoms with van der Waals surface area (Å²) in [6.45, 7) is 0.948. The van der Waals surface area contributed by atoms with E-state index < -0.39 is 23.7 Å². The van der Waals surface area contributed by atoms with E-state index in [-0.39, 0.29) is 36.7 Å². The van der Waals surface area contributed by atoms with Crippen LogP contribution in [0.5, 0.6) is 5.75 Å². The van der Waals surface area contributed by atoms with Crippen LogP contribution in [0.25, 0.3) is 0 Å². The van der Waals surface area contributed by atoms with Gasteiger partial charge in [0.2, 0.25) is 0 Å². The van der Waals surface area contributed by atoms with Crippen molar-refractivity contribution in [1.82, 2.24) is 4.90 Å². The Morgan fingerprint density at radius 3 is 2.62 bits per heavy atom. The zero-order valence-corrected chi connectivity index (χ0v) is 18.2. The van der Waals surface area contributed by atoms with E-state index in [1.165, 1.54) is 43.1 Å². The lowest BCUT2D eigenvalue weighted by molar-refractivity contribution is -0.147. The first-order chi connectivity index (χ1) is 15.4. The van der Waals surface area contributed by atoms with E-state index in [2.05, 4.69) is 0 Å². The average Bonchev–Trinajstić information content (AvgIpc) is 3.54. The monoisotopic (exact) mass is 443 g/mol. The second kappa shape index (κ2) is 7.44. The van der Waals surface area contributed by atoms with E-state index in [9.17, 15) is 14.7 Å². The standard InChI is InChI=1S/C25H30FNO5/c26-20-9-22(32-13-25-10-14-5-15(11-25)7-17(25)6-14)18(16-1-2-16)8-19(20)23(28)27-3-4-31-12-21(27)24(29)30/h8-9,14-17,21H,1-7,10-13H2,(H,29,30)/t14?,15?,17?,21-,25?/m0/s1. The van der Waals surface area contributed by atoms with Crippen LogP contribution in [0.3, 0.4) is 0 Å². The fourth-order valence-corrected chi connectivity index (χ4v) is 7.20. The van der Waals surface area contributed by atoms with Gasteiger partial charge in [0.25, 0.3) is 5.91 Å². The number of nitrogens with zero attached hydrogens (tertiary/aromatic N) is 1. The number of carboxylic acids is 1. The molecule has 0 radical (unpaired) electrons. The highest BCUT2D eigenvalue weighted by atomic mass is 19.1. The number of amides is 1. The molecule has 0 aromatic heterocycles. The third kappa shape index (κ3) is 3.31. The van der Waals surface area contributed by atoms with Gasteiger partial charge in [-0.2, -0.15) is 0 Å². The molecule has 172 valence electrons. The lowest BCUT2D eigenvalue weighted by atomic mass is 9.76. The van der Waals surface area contributed by atoms with Crippen molar-refractivity contribution >= 4 is 11.9 Å². The largest absolute Gasteiger partial charge is 0.493 e. The van der Waals surface area contributed by atoms with Crippen LogP contribution in [0, 0.1) is 29.0 Å². The number of carboxylic acid groups (broad SMARTS) is 1. The summed E-state index contributed by atoms with van der Waals surface area (Å²) in [5.74, 6) is 0.913. The van der Waals surface area contributed by atoms with Gasteiger partial charge in [-0.15, -0.1) is 0 Å². The van der Waals surface area contributed by atoms with Crippen molar-refractivity contribution in [3.05, 3.63) is 29.1 Å². The maximum atomic E-state index is 15.2. The minimum Gasteiger partial charge on any atom is -0.493 e. The summed E-state index contributed by atoms with van der Waals surface area (Å²) in [4.78, 5) is 25.9. The van der Waals surface area contributed by atoms with Crippen molar-refractivity contribution in [1.29, 1.82) is 0 Å². The molecule has 4 bridgehead atoms. The van der Waals surface area contributed by atoms with Crippen molar-refractivity contribution in [3.8, 4) is 5.75 Å². The van der Waals surface area contributed by atoms with Crippen molar-refractivity contribution in [2.24, 2.45) is 23.2 Å². The first-order valence-corrected chi connectivity index (χ1v) is 12.0. The first-order valence-electron chi connectivity index (χ1n) is 12.0. The molecule has 5 aliphatic carbocycles. The van der Waals surface area contributed by atoms with Crippen molar-refractivity contribution in [3.63, 3.8) is 0 Å². The van der Waals surface area contributed by atoms with E-state index in [4.69, 9.17) is 9.47 Å². The van der Waals surface area contributed by atoms with E-state index in [1.54, 1.807) is 6.07 Å². The highest BCUT2D eigenvalue weighted by Crippen LogP contribution is 2.65. The van der Waals surface area contributed by atoms with Gasteiger partial charge in [0.05, 0.1) is 25.4 Å². The number of hydrogen-bond donors (Lipinski definition) is 1. The minimum atomic E-state index is -1.14. The molecule has 6 aliphatic rings. The molecular weight excluding hydrogens is 413 g/mol. The number of carbonyl (C=O) groups excluding carboxylic acids is 1. The van der Waals surface area contributed by atoms with E-state index in [1.807, 2.05) is 0 Å². The van der Waals surface area contributed by atoms with Gasteiger partial charge in [0.15, 0.2) is 6.04 Å². The number of carbonyl (C=O) groups is 2. The molecule has 1 aliphatic heterocycles.